The summed E-state index contributed by atoms with van der Waals surface area (Å²) in [6.07, 6.45) is 0.356. The molecule has 20 heavy (non-hydrogen) atoms. The van der Waals surface area contributed by atoms with Crippen molar-refractivity contribution < 1.29 is 19.2 Å². The molecule has 1 aliphatic rings. The van der Waals surface area contributed by atoms with E-state index in [1.54, 1.807) is 11.8 Å². The van der Waals surface area contributed by atoms with Gasteiger partial charge < -0.3 is 10.0 Å². The highest BCUT2D eigenvalue weighted by Gasteiger charge is 2.42. The van der Waals surface area contributed by atoms with Crippen LogP contribution in [0.3, 0.4) is 0 Å². The first-order valence-corrected chi connectivity index (χ1v) is 6.24. The van der Waals surface area contributed by atoms with Gasteiger partial charge in [0, 0.05) is 13.1 Å². The fourth-order valence-electron chi connectivity index (χ4n) is 2.27. The second-order valence-electron chi connectivity index (χ2n) is 5.05. The number of rotatable bonds is 3. The summed E-state index contributed by atoms with van der Waals surface area (Å²) >= 11 is 5.66. The van der Waals surface area contributed by atoms with Gasteiger partial charge in [-0.15, -0.1) is 0 Å². The van der Waals surface area contributed by atoms with Gasteiger partial charge in [0.15, 0.2) is 0 Å². The van der Waals surface area contributed by atoms with Crippen LogP contribution in [0.4, 0.5) is 15.8 Å². The molecule has 1 saturated heterocycles. The monoisotopic (exact) mass is 302 g/mol. The number of carbonyl (C=O) groups is 1. The van der Waals surface area contributed by atoms with Gasteiger partial charge >= 0.3 is 5.97 Å². The lowest BCUT2D eigenvalue weighted by atomic mass is 9.90. The van der Waals surface area contributed by atoms with Crippen molar-refractivity contribution in [3.8, 4) is 0 Å². The first-order valence-electron chi connectivity index (χ1n) is 5.86. The fourth-order valence-corrected chi connectivity index (χ4v) is 2.42. The molecular formula is C12H12ClFN2O4. The highest BCUT2D eigenvalue weighted by atomic mass is 35.5. The van der Waals surface area contributed by atoms with Gasteiger partial charge in [-0.2, -0.15) is 0 Å². The Balaban J connectivity index is 2.42. The zero-order valence-corrected chi connectivity index (χ0v) is 11.4. The number of nitrogens with zero attached hydrogens (tertiary/aromatic N) is 2. The van der Waals surface area contributed by atoms with Gasteiger partial charge in [-0.05, 0) is 19.4 Å². The van der Waals surface area contributed by atoms with Gasteiger partial charge in [-0.3, -0.25) is 14.9 Å². The molecule has 0 saturated carbocycles. The van der Waals surface area contributed by atoms with E-state index in [9.17, 15) is 19.3 Å². The van der Waals surface area contributed by atoms with Gasteiger partial charge in [0.2, 0.25) is 0 Å². The number of carboxylic acids is 1. The largest absolute Gasteiger partial charge is 0.481 e. The van der Waals surface area contributed by atoms with Gasteiger partial charge in [0.25, 0.3) is 5.69 Å². The zero-order chi connectivity index (χ0) is 15.1. The Morgan fingerprint density at radius 2 is 2.25 bits per heavy atom. The molecule has 1 aliphatic heterocycles. The molecule has 1 fully saturated rings. The fraction of sp³-hybridized carbons (Fsp3) is 0.417. The van der Waals surface area contributed by atoms with E-state index in [1.807, 2.05) is 0 Å². The van der Waals surface area contributed by atoms with Gasteiger partial charge in [0.05, 0.1) is 21.4 Å². The lowest BCUT2D eigenvalue weighted by Crippen LogP contribution is -2.31. The van der Waals surface area contributed by atoms with Gasteiger partial charge in [-0.1, -0.05) is 11.6 Å². The maximum Gasteiger partial charge on any atom is 0.311 e. The Morgan fingerprint density at radius 1 is 1.60 bits per heavy atom. The Labute approximate surface area is 118 Å². The van der Waals surface area contributed by atoms with Crippen LogP contribution in [0.25, 0.3) is 0 Å². The normalized spacial score (nSPS) is 22.1. The molecule has 6 nitrogen and oxygen atoms in total. The Morgan fingerprint density at radius 3 is 2.75 bits per heavy atom. The topological polar surface area (TPSA) is 83.7 Å². The molecule has 0 aliphatic carbocycles. The van der Waals surface area contributed by atoms with Crippen molar-refractivity contribution in [2.75, 3.05) is 18.0 Å². The average molecular weight is 303 g/mol. The number of carboxylic acid groups (broad SMARTS) is 1. The first kappa shape index (κ1) is 14.5. The van der Waals surface area contributed by atoms with Crippen molar-refractivity contribution in [3.05, 3.63) is 33.1 Å². The summed E-state index contributed by atoms with van der Waals surface area (Å²) in [5, 5.41) is 19.9. The second-order valence-corrected chi connectivity index (χ2v) is 5.46. The minimum absolute atomic E-state index is 0.116. The van der Waals surface area contributed by atoms with E-state index in [-0.39, 0.29) is 17.3 Å². The van der Waals surface area contributed by atoms with Crippen LogP contribution in [0.2, 0.25) is 5.02 Å². The van der Waals surface area contributed by atoms with Gasteiger partial charge in [0.1, 0.15) is 11.5 Å². The third-order valence-corrected chi connectivity index (χ3v) is 3.83. The standard InChI is InChI=1S/C12H12ClFN2O4/c1-12(11(17)18)2-3-15(6-12)9-4-7(13)8(14)5-10(9)16(19)20/h4-5H,2-3,6H2,1H3,(H,17,18). The third kappa shape index (κ3) is 2.40. The predicted molar refractivity (Wildman–Crippen MR) is 70.6 cm³/mol. The zero-order valence-electron chi connectivity index (χ0n) is 10.6. The van der Waals surface area contributed by atoms with Crippen molar-refractivity contribution in [2.24, 2.45) is 5.41 Å². The molecule has 1 aromatic rings. The summed E-state index contributed by atoms with van der Waals surface area (Å²) in [4.78, 5) is 23.0. The van der Waals surface area contributed by atoms with Crippen molar-refractivity contribution in [1.82, 2.24) is 0 Å². The molecule has 0 aromatic heterocycles. The minimum Gasteiger partial charge on any atom is -0.481 e. The Hall–Kier alpha value is -1.89. The summed E-state index contributed by atoms with van der Waals surface area (Å²) in [6.45, 7) is 2.03. The average Bonchev–Trinajstić information content (AvgIpc) is 2.76. The number of aliphatic carboxylic acids is 1. The number of hydrogen-bond acceptors (Lipinski definition) is 4. The van der Waals surface area contributed by atoms with Crippen LogP contribution in [-0.4, -0.2) is 29.1 Å². The molecule has 0 spiro atoms. The predicted octanol–water partition coefficient (Wildman–Crippen LogP) is 2.69. The molecular weight excluding hydrogens is 291 g/mol. The molecule has 2 rings (SSSR count). The summed E-state index contributed by atoms with van der Waals surface area (Å²) in [5.41, 5.74) is -1.25. The van der Waals surface area contributed by atoms with E-state index in [4.69, 9.17) is 16.7 Å². The number of anilines is 1. The molecule has 1 N–H and O–H groups in total. The molecule has 1 atom stereocenters. The number of nitro benzene ring substituents is 1. The summed E-state index contributed by atoms with van der Waals surface area (Å²) < 4.78 is 13.3. The number of nitro groups is 1. The smallest absolute Gasteiger partial charge is 0.311 e. The third-order valence-electron chi connectivity index (χ3n) is 3.54. The van der Waals surface area contributed by atoms with Crippen LogP contribution in [0.1, 0.15) is 13.3 Å². The van der Waals surface area contributed by atoms with Crippen molar-refractivity contribution in [2.45, 2.75) is 13.3 Å². The quantitative estimate of drug-likeness (QED) is 0.685. The van der Waals surface area contributed by atoms with Crippen LogP contribution in [0.5, 0.6) is 0 Å². The van der Waals surface area contributed by atoms with Crippen molar-refractivity contribution in [3.63, 3.8) is 0 Å². The number of benzene rings is 1. The Bertz CT molecular complexity index is 595. The van der Waals surface area contributed by atoms with E-state index in [2.05, 4.69) is 0 Å². The van der Waals surface area contributed by atoms with Crippen LogP contribution in [-0.2, 0) is 4.79 Å². The molecule has 108 valence electrons. The summed E-state index contributed by atoms with van der Waals surface area (Å²) in [6, 6.07) is 1.93. The maximum absolute atomic E-state index is 13.3. The SMILES string of the molecule is CC1(C(=O)O)CCN(c2cc(Cl)c(F)cc2[N+](=O)[O-])C1. The van der Waals surface area contributed by atoms with Crippen LogP contribution < -0.4 is 4.90 Å². The van der Waals surface area contributed by atoms with E-state index in [0.717, 1.165) is 6.07 Å². The number of hydrogen-bond donors (Lipinski definition) is 1. The van der Waals surface area contributed by atoms with Crippen molar-refractivity contribution >= 4 is 28.9 Å². The molecule has 8 heteroatoms. The summed E-state index contributed by atoms with van der Waals surface area (Å²) in [5.74, 6) is -1.84. The van der Waals surface area contributed by atoms with E-state index in [0.29, 0.717) is 13.0 Å². The molecule has 0 bridgehead atoms. The maximum atomic E-state index is 13.3. The van der Waals surface area contributed by atoms with Crippen LogP contribution in [0.15, 0.2) is 12.1 Å². The highest BCUT2D eigenvalue weighted by molar-refractivity contribution is 6.31. The molecule has 0 radical (unpaired) electrons. The molecule has 0 amide bonds. The number of halogens is 2. The summed E-state index contributed by atoms with van der Waals surface area (Å²) in [7, 11) is 0. The van der Waals surface area contributed by atoms with E-state index < -0.39 is 27.8 Å². The van der Waals surface area contributed by atoms with E-state index in [1.165, 1.54) is 6.07 Å². The van der Waals surface area contributed by atoms with Crippen LogP contribution in [0, 0.1) is 21.3 Å². The Kier molecular flexibility index (Phi) is 3.56. The van der Waals surface area contributed by atoms with Crippen molar-refractivity contribution in [1.29, 1.82) is 0 Å². The van der Waals surface area contributed by atoms with Gasteiger partial charge in [-0.25, -0.2) is 4.39 Å². The lowest BCUT2D eigenvalue weighted by Gasteiger charge is -2.21. The minimum atomic E-state index is -0.977. The molecule has 1 aromatic carbocycles. The second kappa shape index (κ2) is 4.90. The molecule has 1 heterocycles. The molecule has 1 unspecified atom stereocenters. The van der Waals surface area contributed by atoms with E-state index >= 15 is 0 Å². The highest BCUT2D eigenvalue weighted by Crippen LogP contribution is 2.39. The lowest BCUT2D eigenvalue weighted by molar-refractivity contribution is -0.384. The van der Waals surface area contributed by atoms with Crippen LogP contribution >= 0.6 is 11.6 Å². The first-order chi connectivity index (χ1) is 9.24.